The summed E-state index contributed by atoms with van der Waals surface area (Å²) in [5.74, 6) is 0.546. The SMILES string of the molecule is CCCCCNC(=O)c1ccc(CN2C(=O)CSc3ccccc32)cc1. The molecule has 0 aromatic heterocycles. The number of anilines is 1. The number of rotatable bonds is 7. The largest absolute Gasteiger partial charge is 0.352 e. The molecule has 0 radical (unpaired) electrons. The van der Waals surface area contributed by atoms with Crippen molar-refractivity contribution in [3.8, 4) is 0 Å². The molecule has 0 spiro atoms. The van der Waals surface area contributed by atoms with E-state index in [1.54, 1.807) is 11.8 Å². The number of hydrogen-bond acceptors (Lipinski definition) is 3. The fourth-order valence-corrected chi connectivity index (χ4v) is 3.89. The Morgan fingerprint density at radius 1 is 1.12 bits per heavy atom. The minimum atomic E-state index is -0.0385. The fourth-order valence-electron chi connectivity index (χ4n) is 2.95. The van der Waals surface area contributed by atoms with Gasteiger partial charge in [0.05, 0.1) is 18.0 Å². The Labute approximate surface area is 159 Å². The zero-order valence-electron chi connectivity index (χ0n) is 15.0. The van der Waals surface area contributed by atoms with Gasteiger partial charge in [0.1, 0.15) is 0 Å². The molecule has 1 heterocycles. The van der Waals surface area contributed by atoms with Crippen LogP contribution in [0.1, 0.15) is 42.1 Å². The summed E-state index contributed by atoms with van der Waals surface area (Å²) in [5.41, 5.74) is 2.64. The zero-order valence-corrected chi connectivity index (χ0v) is 15.8. The van der Waals surface area contributed by atoms with E-state index in [1.165, 1.54) is 0 Å². The van der Waals surface area contributed by atoms with Crippen molar-refractivity contribution in [3.63, 3.8) is 0 Å². The monoisotopic (exact) mass is 368 g/mol. The van der Waals surface area contributed by atoms with Crippen molar-refractivity contribution in [1.82, 2.24) is 5.32 Å². The summed E-state index contributed by atoms with van der Waals surface area (Å²) in [4.78, 5) is 27.5. The summed E-state index contributed by atoms with van der Waals surface area (Å²) in [6.45, 7) is 3.38. The van der Waals surface area contributed by atoms with Crippen molar-refractivity contribution in [3.05, 3.63) is 59.7 Å². The van der Waals surface area contributed by atoms with Gasteiger partial charge in [-0.1, -0.05) is 44.0 Å². The second-order valence-electron chi connectivity index (χ2n) is 6.40. The van der Waals surface area contributed by atoms with Crippen LogP contribution >= 0.6 is 11.8 Å². The Morgan fingerprint density at radius 2 is 1.88 bits per heavy atom. The van der Waals surface area contributed by atoms with Gasteiger partial charge < -0.3 is 10.2 Å². The van der Waals surface area contributed by atoms with Crippen LogP contribution in [0, 0.1) is 0 Å². The first-order valence-electron chi connectivity index (χ1n) is 9.08. The van der Waals surface area contributed by atoms with Crippen LogP contribution in [0.25, 0.3) is 0 Å². The molecule has 2 aromatic rings. The third-order valence-corrected chi connectivity index (χ3v) is 5.48. The lowest BCUT2D eigenvalue weighted by atomic mass is 10.1. The number of unbranched alkanes of at least 4 members (excludes halogenated alkanes) is 2. The number of fused-ring (bicyclic) bond motifs is 1. The molecule has 1 aliphatic rings. The Morgan fingerprint density at radius 3 is 2.65 bits per heavy atom. The first-order chi connectivity index (χ1) is 12.7. The zero-order chi connectivity index (χ0) is 18.4. The molecule has 26 heavy (non-hydrogen) atoms. The highest BCUT2D eigenvalue weighted by Crippen LogP contribution is 2.35. The maximum absolute atomic E-state index is 12.3. The number of carbonyl (C=O) groups excluding carboxylic acids is 2. The fraction of sp³-hybridized carbons (Fsp3) is 0.333. The van der Waals surface area contributed by atoms with E-state index >= 15 is 0 Å². The van der Waals surface area contributed by atoms with Crippen LogP contribution in [0.5, 0.6) is 0 Å². The third-order valence-electron chi connectivity index (χ3n) is 4.43. The molecule has 0 saturated heterocycles. The second-order valence-corrected chi connectivity index (χ2v) is 7.41. The van der Waals surface area contributed by atoms with Crippen molar-refractivity contribution in [2.75, 3.05) is 17.2 Å². The number of carbonyl (C=O) groups is 2. The van der Waals surface area contributed by atoms with E-state index in [1.807, 2.05) is 53.4 Å². The lowest BCUT2D eigenvalue weighted by molar-refractivity contribution is -0.116. The molecule has 0 saturated carbocycles. The maximum atomic E-state index is 12.3. The Hall–Kier alpha value is -2.27. The average Bonchev–Trinajstić information content (AvgIpc) is 2.68. The van der Waals surface area contributed by atoms with Crippen LogP contribution in [-0.2, 0) is 11.3 Å². The van der Waals surface area contributed by atoms with Crippen LogP contribution in [0.2, 0.25) is 0 Å². The van der Waals surface area contributed by atoms with E-state index in [0.717, 1.165) is 35.4 Å². The summed E-state index contributed by atoms with van der Waals surface area (Å²) in [6, 6.07) is 15.5. The molecule has 0 fully saturated rings. The van der Waals surface area contributed by atoms with Crippen molar-refractivity contribution in [1.29, 1.82) is 0 Å². The number of nitrogens with zero attached hydrogens (tertiary/aromatic N) is 1. The van der Waals surface area contributed by atoms with Gasteiger partial charge in [-0.2, -0.15) is 0 Å². The van der Waals surface area contributed by atoms with Crippen molar-refractivity contribution < 1.29 is 9.59 Å². The predicted octanol–water partition coefficient (Wildman–Crippen LogP) is 4.25. The van der Waals surface area contributed by atoms with Gasteiger partial charge in [0.2, 0.25) is 5.91 Å². The highest BCUT2D eigenvalue weighted by Gasteiger charge is 2.24. The van der Waals surface area contributed by atoms with Crippen molar-refractivity contribution >= 4 is 29.3 Å². The summed E-state index contributed by atoms with van der Waals surface area (Å²) in [6.07, 6.45) is 3.28. The molecule has 2 aromatic carbocycles. The van der Waals surface area contributed by atoms with E-state index < -0.39 is 0 Å². The van der Waals surface area contributed by atoms with Crippen LogP contribution in [0.4, 0.5) is 5.69 Å². The van der Waals surface area contributed by atoms with Gasteiger partial charge in [0.15, 0.2) is 0 Å². The van der Waals surface area contributed by atoms with Gasteiger partial charge >= 0.3 is 0 Å². The Kier molecular flexibility index (Phi) is 6.34. The van der Waals surface area contributed by atoms with Crippen LogP contribution in [0.15, 0.2) is 53.4 Å². The molecular weight excluding hydrogens is 344 g/mol. The maximum Gasteiger partial charge on any atom is 0.251 e. The Balaban J connectivity index is 1.64. The Bertz CT molecular complexity index is 774. The van der Waals surface area contributed by atoms with Gasteiger partial charge in [-0.3, -0.25) is 9.59 Å². The molecule has 1 N–H and O–H groups in total. The number of nitrogens with one attached hydrogen (secondary N) is 1. The molecule has 3 rings (SSSR count). The summed E-state index contributed by atoms with van der Waals surface area (Å²) in [7, 11) is 0. The van der Waals surface area contributed by atoms with Gasteiger partial charge in [-0.15, -0.1) is 11.8 Å². The van der Waals surface area contributed by atoms with Gasteiger partial charge in [0, 0.05) is 17.0 Å². The van der Waals surface area contributed by atoms with Crippen LogP contribution in [-0.4, -0.2) is 24.1 Å². The number of para-hydroxylation sites is 1. The molecule has 1 aliphatic heterocycles. The first-order valence-corrected chi connectivity index (χ1v) is 10.1. The number of amides is 2. The molecule has 0 aliphatic carbocycles. The number of hydrogen-bond donors (Lipinski definition) is 1. The molecule has 0 bridgehead atoms. The van der Waals surface area contributed by atoms with Crippen LogP contribution in [0.3, 0.4) is 0 Å². The standard InChI is InChI=1S/C21H24N2O2S/c1-2-3-6-13-22-21(25)17-11-9-16(10-12-17)14-23-18-7-4-5-8-19(18)26-15-20(23)24/h4-5,7-12H,2-3,6,13-15H2,1H3,(H,22,25). The minimum Gasteiger partial charge on any atom is -0.352 e. The predicted molar refractivity (Wildman–Crippen MR) is 107 cm³/mol. The summed E-state index contributed by atoms with van der Waals surface area (Å²) in [5, 5.41) is 2.95. The van der Waals surface area contributed by atoms with Gasteiger partial charge in [-0.25, -0.2) is 0 Å². The van der Waals surface area contributed by atoms with E-state index in [4.69, 9.17) is 0 Å². The molecular formula is C21H24N2O2S. The molecule has 136 valence electrons. The molecule has 5 heteroatoms. The number of benzene rings is 2. The van der Waals surface area contributed by atoms with Crippen molar-refractivity contribution in [2.24, 2.45) is 0 Å². The molecule has 0 unspecified atom stereocenters. The van der Waals surface area contributed by atoms with E-state index in [9.17, 15) is 9.59 Å². The van der Waals surface area contributed by atoms with E-state index in [-0.39, 0.29) is 11.8 Å². The van der Waals surface area contributed by atoms with Gasteiger partial charge in [-0.05, 0) is 36.2 Å². The highest BCUT2D eigenvalue weighted by atomic mass is 32.2. The third kappa shape index (κ3) is 4.47. The normalized spacial score (nSPS) is 13.4. The average molecular weight is 369 g/mol. The molecule has 2 amide bonds. The van der Waals surface area contributed by atoms with E-state index in [0.29, 0.717) is 24.4 Å². The van der Waals surface area contributed by atoms with Gasteiger partial charge in [0.25, 0.3) is 5.91 Å². The summed E-state index contributed by atoms with van der Waals surface area (Å²) >= 11 is 1.58. The minimum absolute atomic E-state index is 0.0385. The lowest BCUT2D eigenvalue weighted by Gasteiger charge is -2.29. The van der Waals surface area contributed by atoms with Crippen molar-refractivity contribution in [2.45, 2.75) is 37.6 Å². The molecule has 4 nitrogen and oxygen atoms in total. The van der Waals surface area contributed by atoms with E-state index in [2.05, 4.69) is 12.2 Å². The highest BCUT2D eigenvalue weighted by molar-refractivity contribution is 8.00. The molecule has 0 atom stereocenters. The lowest BCUT2D eigenvalue weighted by Crippen LogP contribution is -2.34. The first kappa shape index (κ1) is 18.5. The summed E-state index contributed by atoms with van der Waals surface area (Å²) < 4.78 is 0. The topological polar surface area (TPSA) is 49.4 Å². The number of thioether (sulfide) groups is 1. The second kappa shape index (κ2) is 8.90. The smallest absolute Gasteiger partial charge is 0.251 e. The van der Waals surface area contributed by atoms with Crippen LogP contribution < -0.4 is 10.2 Å². The quantitative estimate of drug-likeness (QED) is 0.744.